The number of halogens is 2. The Kier molecular flexibility index (Phi) is 5.23. The molecule has 7 heteroatoms. The molecule has 0 radical (unpaired) electrons. The topological polar surface area (TPSA) is 65.2 Å². The number of hydrogen-bond acceptors (Lipinski definition) is 3. The smallest absolute Gasteiger partial charge is 0.254 e. The molecular formula is C18H21BrClN3O2. The molecule has 134 valence electrons. The van der Waals surface area contributed by atoms with E-state index >= 15 is 0 Å². The molecule has 1 aromatic carbocycles. The Hall–Kier alpha value is -1.37. The van der Waals surface area contributed by atoms with Crippen molar-refractivity contribution in [2.45, 2.75) is 19.3 Å². The van der Waals surface area contributed by atoms with Gasteiger partial charge in [-0.15, -0.1) is 12.4 Å². The molecule has 2 aliphatic heterocycles. The standard InChI is InChI=1S/C18H20BrN3O2.ClH/c19-14-3-1-2-12-13(10-15(23)21-16(12)14)17(24)22-8-5-18(6-9-22)4-7-20-11-18;/h1-3,10,20H,4-9,11H2,(H,21,23);1H. The number of piperidine rings is 1. The van der Waals surface area contributed by atoms with Crippen molar-refractivity contribution in [3.05, 3.63) is 44.7 Å². The van der Waals surface area contributed by atoms with E-state index in [1.165, 1.54) is 12.5 Å². The van der Waals surface area contributed by atoms with Crippen LogP contribution in [0.4, 0.5) is 0 Å². The van der Waals surface area contributed by atoms with E-state index in [-0.39, 0.29) is 23.9 Å². The van der Waals surface area contributed by atoms with Gasteiger partial charge in [-0.05, 0) is 53.2 Å². The number of amides is 1. The number of nitrogens with one attached hydrogen (secondary N) is 2. The van der Waals surface area contributed by atoms with E-state index < -0.39 is 0 Å². The molecule has 4 rings (SSSR count). The monoisotopic (exact) mass is 425 g/mol. The van der Waals surface area contributed by atoms with Crippen molar-refractivity contribution in [1.29, 1.82) is 0 Å². The summed E-state index contributed by atoms with van der Waals surface area (Å²) in [6.07, 6.45) is 3.28. The maximum atomic E-state index is 13.0. The Bertz CT molecular complexity index is 851. The van der Waals surface area contributed by atoms with Crippen molar-refractivity contribution >= 4 is 45.1 Å². The highest BCUT2D eigenvalue weighted by Gasteiger charge is 2.38. The summed E-state index contributed by atoms with van der Waals surface area (Å²) in [5.41, 5.74) is 1.30. The molecule has 0 unspecified atom stereocenters. The van der Waals surface area contributed by atoms with Crippen LogP contribution in [0.25, 0.3) is 10.9 Å². The molecule has 2 N–H and O–H groups in total. The predicted octanol–water partition coefficient (Wildman–Crippen LogP) is 2.93. The Labute approximate surface area is 160 Å². The molecular weight excluding hydrogens is 406 g/mol. The number of carbonyl (C=O) groups excluding carboxylic acids is 1. The number of aromatic nitrogens is 1. The van der Waals surface area contributed by atoms with Crippen molar-refractivity contribution in [3.8, 4) is 0 Å². The molecule has 2 fully saturated rings. The predicted molar refractivity (Wildman–Crippen MR) is 105 cm³/mol. The second-order valence-corrected chi connectivity index (χ2v) is 7.78. The zero-order valence-electron chi connectivity index (χ0n) is 13.8. The van der Waals surface area contributed by atoms with Gasteiger partial charge in [0.1, 0.15) is 0 Å². The van der Waals surface area contributed by atoms with Gasteiger partial charge in [-0.2, -0.15) is 0 Å². The first kappa shape index (κ1) is 18.4. The van der Waals surface area contributed by atoms with Crippen LogP contribution in [-0.4, -0.2) is 42.0 Å². The Morgan fingerprint density at radius 2 is 1.96 bits per heavy atom. The van der Waals surface area contributed by atoms with Crippen LogP contribution >= 0.6 is 28.3 Å². The first-order chi connectivity index (χ1) is 11.6. The quantitative estimate of drug-likeness (QED) is 0.737. The number of nitrogens with zero attached hydrogens (tertiary/aromatic N) is 1. The average molecular weight is 427 g/mol. The summed E-state index contributed by atoms with van der Waals surface area (Å²) in [5.74, 6) is -0.0370. The lowest BCUT2D eigenvalue weighted by atomic mass is 9.77. The van der Waals surface area contributed by atoms with Gasteiger partial charge in [0.25, 0.3) is 5.91 Å². The van der Waals surface area contributed by atoms with Gasteiger partial charge in [0.15, 0.2) is 0 Å². The minimum Gasteiger partial charge on any atom is -0.339 e. The summed E-state index contributed by atoms with van der Waals surface area (Å²) in [6, 6.07) is 7.06. The number of likely N-dealkylation sites (tertiary alicyclic amines) is 1. The van der Waals surface area contributed by atoms with E-state index in [9.17, 15) is 9.59 Å². The second-order valence-electron chi connectivity index (χ2n) is 6.93. The highest BCUT2D eigenvalue weighted by molar-refractivity contribution is 9.10. The normalized spacial score (nSPS) is 19.2. The molecule has 1 amide bonds. The maximum absolute atomic E-state index is 13.0. The molecule has 3 heterocycles. The SMILES string of the molecule is Cl.O=C(c1cc(=O)[nH]c2c(Br)cccc12)N1CCC2(CCNC2)CC1. The van der Waals surface area contributed by atoms with Gasteiger partial charge in [0.05, 0.1) is 11.1 Å². The van der Waals surface area contributed by atoms with Crippen molar-refractivity contribution in [1.82, 2.24) is 15.2 Å². The summed E-state index contributed by atoms with van der Waals surface area (Å²) < 4.78 is 0.793. The minimum atomic E-state index is -0.244. The Morgan fingerprint density at radius 3 is 2.64 bits per heavy atom. The van der Waals surface area contributed by atoms with Gasteiger partial charge in [0, 0.05) is 35.6 Å². The number of fused-ring (bicyclic) bond motifs is 1. The zero-order valence-corrected chi connectivity index (χ0v) is 16.2. The first-order valence-corrected chi connectivity index (χ1v) is 9.19. The number of pyridine rings is 1. The molecule has 2 aromatic rings. The van der Waals surface area contributed by atoms with E-state index in [4.69, 9.17) is 0 Å². The van der Waals surface area contributed by atoms with Crippen LogP contribution in [0.1, 0.15) is 29.6 Å². The number of hydrogen-bond donors (Lipinski definition) is 2. The summed E-state index contributed by atoms with van der Waals surface area (Å²) in [5, 5.41) is 4.23. The van der Waals surface area contributed by atoms with Crippen LogP contribution in [0.2, 0.25) is 0 Å². The van der Waals surface area contributed by atoms with Crippen LogP contribution in [-0.2, 0) is 0 Å². The Balaban J connectivity index is 0.00000182. The van der Waals surface area contributed by atoms with Crippen molar-refractivity contribution < 1.29 is 4.79 Å². The van der Waals surface area contributed by atoms with E-state index in [2.05, 4.69) is 26.2 Å². The summed E-state index contributed by atoms with van der Waals surface area (Å²) in [6.45, 7) is 3.68. The third-order valence-corrected chi connectivity index (χ3v) is 6.16. The highest BCUT2D eigenvalue weighted by atomic mass is 79.9. The fourth-order valence-corrected chi connectivity index (χ4v) is 4.46. The van der Waals surface area contributed by atoms with Crippen LogP contribution in [0.5, 0.6) is 0 Å². The number of aromatic amines is 1. The lowest BCUT2D eigenvalue weighted by Crippen LogP contribution is -2.44. The molecule has 5 nitrogen and oxygen atoms in total. The molecule has 2 saturated heterocycles. The number of para-hydroxylation sites is 1. The highest BCUT2D eigenvalue weighted by Crippen LogP contribution is 2.37. The van der Waals surface area contributed by atoms with Crippen LogP contribution < -0.4 is 10.9 Å². The van der Waals surface area contributed by atoms with Gasteiger partial charge < -0.3 is 15.2 Å². The maximum Gasteiger partial charge on any atom is 0.254 e. The van der Waals surface area contributed by atoms with Gasteiger partial charge in [-0.25, -0.2) is 0 Å². The van der Waals surface area contributed by atoms with Crippen LogP contribution in [0.3, 0.4) is 0 Å². The van der Waals surface area contributed by atoms with Crippen LogP contribution in [0.15, 0.2) is 33.5 Å². The molecule has 0 saturated carbocycles. The van der Waals surface area contributed by atoms with Crippen molar-refractivity contribution in [3.63, 3.8) is 0 Å². The summed E-state index contributed by atoms with van der Waals surface area (Å²) in [4.78, 5) is 29.7. The molecule has 0 aliphatic carbocycles. The fourth-order valence-electron chi connectivity index (χ4n) is 4.00. The number of rotatable bonds is 1. The number of benzene rings is 1. The molecule has 1 aromatic heterocycles. The van der Waals surface area contributed by atoms with E-state index in [0.29, 0.717) is 16.5 Å². The molecule has 1 spiro atoms. The molecule has 2 aliphatic rings. The second kappa shape index (κ2) is 7.09. The third kappa shape index (κ3) is 3.35. The van der Waals surface area contributed by atoms with Gasteiger partial charge in [-0.3, -0.25) is 9.59 Å². The van der Waals surface area contributed by atoms with Crippen molar-refractivity contribution in [2.75, 3.05) is 26.2 Å². The lowest BCUT2D eigenvalue weighted by Gasteiger charge is -2.39. The minimum absolute atomic E-state index is 0. The number of carbonyl (C=O) groups is 1. The Morgan fingerprint density at radius 1 is 1.20 bits per heavy atom. The molecule has 0 atom stereocenters. The zero-order chi connectivity index (χ0) is 16.7. The average Bonchev–Trinajstić information content (AvgIpc) is 3.03. The largest absolute Gasteiger partial charge is 0.339 e. The van der Waals surface area contributed by atoms with E-state index in [1.807, 2.05) is 23.1 Å². The van der Waals surface area contributed by atoms with Gasteiger partial charge in [-0.1, -0.05) is 12.1 Å². The third-order valence-electron chi connectivity index (χ3n) is 5.50. The lowest BCUT2D eigenvalue weighted by molar-refractivity contribution is 0.0609. The summed E-state index contributed by atoms with van der Waals surface area (Å²) in [7, 11) is 0. The fraction of sp³-hybridized carbons (Fsp3) is 0.444. The molecule has 0 bridgehead atoms. The van der Waals surface area contributed by atoms with Gasteiger partial charge in [0.2, 0.25) is 5.56 Å². The summed E-state index contributed by atoms with van der Waals surface area (Å²) >= 11 is 3.45. The molecule has 25 heavy (non-hydrogen) atoms. The number of H-pyrrole nitrogens is 1. The van der Waals surface area contributed by atoms with Gasteiger partial charge >= 0.3 is 0 Å². The van der Waals surface area contributed by atoms with Crippen LogP contribution in [0, 0.1) is 5.41 Å². The van der Waals surface area contributed by atoms with E-state index in [0.717, 1.165) is 48.9 Å². The van der Waals surface area contributed by atoms with Crippen molar-refractivity contribution in [2.24, 2.45) is 5.41 Å². The first-order valence-electron chi connectivity index (χ1n) is 8.40. The van der Waals surface area contributed by atoms with E-state index in [1.54, 1.807) is 0 Å².